The number of nitrogens with zero attached hydrogens (tertiary/aromatic N) is 2. The van der Waals surface area contributed by atoms with Crippen LogP contribution in [0.15, 0.2) is 0 Å². The lowest BCUT2D eigenvalue weighted by molar-refractivity contribution is 0.803. The standard InChI is InChI=1S/C10H13ClN2S/c1-2-3-9-12-8-4-5-14-6-7(8)10(11)13-9/h2-6H2,1H3. The fourth-order valence-electron chi connectivity index (χ4n) is 1.58. The van der Waals surface area contributed by atoms with Crippen molar-refractivity contribution >= 4 is 23.4 Å². The number of hydrogen-bond acceptors (Lipinski definition) is 3. The summed E-state index contributed by atoms with van der Waals surface area (Å²) >= 11 is 8.03. The van der Waals surface area contributed by atoms with E-state index in [0.717, 1.165) is 42.2 Å². The van der Waals surface area contributed by atoms with Gasteiger partial charge in [0.2, 0.25) is 0 Å². The Morgan fingerprint density at radius 3 is 3.07 bits per heavy atom. The molecule has 0 aliphatic carbocycles. The molecule has 0 radical (unpaired) electrons. The molecule has 2 heterocycles. The van der Waals surface area contributed by atoms with Crippen molar-refractivity contribution in [3.05, 3.63) is 22.2 Å². The molecule has 76 valence electrons. The van der Waals surface area contributed by atoms with Gasteiger partial charge in [-0.05, 0) is 18.6 Å². The van der Waals surface area contributed by atoms with Gasteiger partial charge in [-0.15, -0.1) is 0 Å². The second kappa shape index (κ2) is 4.49. The molecule has 1 aliphatic rings. The lowest BCUT2D eigenvalue weighted by Gasteiger charge is -2.15. The quantitative estimate of drug-likeness (QED) is 0.728. The minimum absolute atomic E-state index is 0.672. The molecule has 0 atom stereocenters. The molecule has 2 rings (SSSR count). The van der Waals surface area contributed by atoms with E-state index in [2.05, 4.69) is 16.9 Å². The molecule has 0 spiro atoms. The smallest absolute Gasteiger partial charge is 0.137 e. The Morgan fingerprint density at radius 2 is 2.29 bits per heavy atom. The zero-order valence-corrected chi connectivity index (χ0v) is 9.79. The first-order chi connectivity index (χ1) is 6.81. The average Bonchev–Trinajstić information content (AvgIpc) is 2.18. The maximum absolute atomic E-state index is 6.12. The van der Waals surface area contributed by atoms with Crippen LogP contribution in [0.4, 0.5) is 0 Å². The summed E-state index contributed by atoms with van der Waals surface area (Å²) in [5.41, 5.74) is 2.33. The minimum atomic E-state index is 0.672. The Balaban J connectivity index is 2.36. The highest BCUT2D eigenvalue weighted by Gasteiger charge is 2.16. The van der Waals surface area contributed by atoms with Crippen LogP contribution in [-0.2, 0) is 18.6 Å². The van der Waals surface area contributed by atoms with E-state index >= 15 is 0 Å². The van der Waals surface area contributed by atoms with Gasteiger partial charge in [-0.3, -0.25) is 0 Å². The third-order valence-electron chi connectivity index (χ3n) is 2.29. The van der Waals surface area contributed by atoms with Gasteiger partial charge < -0.3 is 0 Å². The van der Waals surface area contributed by atoms with Gasteiger partial charge in [-0.2, -0.15) is 11.8 Å². The normalized spacial score (nSPS) is 15.3. The van der Waals surface area contributed by atoms with E-state index < -0.39 is 0 Å². The van der Waals surface area contributed by atoms with Crippen LogP contribution in [0.3, 0.4) is 0 Å². The molecule has 0 fully saturated rings. The van der Waals surface area contributed by atoms with E-state index in [1.54, 1.807) is 0 Å². The molecule has 4 heteroatoms. The molecular formula is C10H13ClN2S. The molecule has 2 nitrogen and oxygen atoms in total. The largest absolute Gasteiger partial charge is 0.237 e. The number of aryl methyl sites for hydroxylation is 2. The molecule has 1 aliphatic heterocycles. The third-order valence-corrected chi connectivity index (χ3v) is 3.59. The van der Waals surface area contributed by atoms with Crippen LogP contribution in [0.5, 0.6) is 0 Å². The van der Waals surface area contributed by atoms with E-state index in [0.29, 0.717) is 5.15 Å². The van der Waals surface area contributed by atoms with E-state index in [-0.39, 0.29) is 0 Å². The van der Waals surface area contributed by atoms with Crippen molar-refractivity contribution < 1.29 is 0 Å². The predicted octanol–water partition coefficient (Wildman–Crippen LogP) is 2.87. The Morgan fingerprint density at radius 1 is 1.43 bits per heavy atom. The highest BCUT2D eigenvalue weighted by Crippen LogP contribution is 2.28. The number of aromatic nitrogens is 2. The molecular weight excluding hydrogens is 216 g/mol. The Hall–Kier alpha value is -0.280. The van der Waals surface area contributed by atoms with Gasteiger partial charge in [-0.25, -0.2) is 9.97 Å². The first-order valence-corrected chi connectivity index (χ1v) is 6.46. The molecule has 0 bridgehead atoms. The molecule has 0 saturated heterocycles. The lowest BCUT2D eigenvalue weighted by atomic mass is 10.2. The lowest BCUT2D eigenvalue weighted by Crippen LogP contribution is -2.10. The Kier molecular flexibility index (Phi) is 3.29. The number of fused-ring (bicyclic) bond motifs is 1. The zero-order chi connectivity index (χ0) is 9.97. The van der Waals surface area contributed by atoms with Crippen LogP contribution in [0.1, 0.15) is 30.4 Å². The van der Waals surface area contributed by atoms with Crippen LogP contribution in [0.25, 0.3) is 0 Å². The topological polar surface area (TPSA) is 25.8 Å². The molecule has 1 aromatic heterocycles. The number of thioether (sulfide) groups is 1. The number of rotatable bonds is 2. The second-order valence-electron chi connectivity index (χ2n) is 3.41. The predicted molar refractivity (Wildman–Crippen MR) is 60.9 cm³/mol. The van der Waals surface area contributed by atoms with Crippen LogP contribution >= 0.6 is 23.4 Å². The van der Waals surface area contributed by atoms with E-state index in [1.165, 1.54) is 5.69 Å². The fourth-order valence-corrected chi connectivity index (χ4v) is 2.92. The summed E-state index contributed by atoms with van der Waals surface area (Å²) in [4.78, 5) is 8.87. The maximum Gasteiger partial charge on any atom is 0.137 e. The second-order valence-corrected chi connectivity index (χ2v) is 4.87. The SMILES string of the molecule is CCCc1nc(Cl)c2c(n1)CCSC2. The summed E-state index contributed by atoms with van der Waals surface area (Å²) in [6, 6.07) is 0. The van der Waals surface area contributed by atoms with Gasteiger partial charge >= 0.3 is 0 Å². The van der Waals surface area contributed by atoms with E-state index in [1.807, 2.05) is 11.8 Å². The third kappa shape index (κ3) is 2.04. The van der Waals surface area contributed by atoms with Crippen molar-refractivity contribution in [3.63, 3.8) is 0 Å². The molecule has 0 unspecified atom stereocenters. The average molecular weight is 229 g/mol. The number of halogens is 1. The highest BCUT2D eigenvalue weighted by atomic mass is 35.5. The van der Waals surface area contributed by atoms with Crippen molar-refractivity contribution in [1.82, 2.24) is 9.97 Å². The van der Waals surface area contributed by atoms with Crippen LogP contribution in [0, 0.1) is 0 Å². The van der Waals surface area contributed by atoms with Gasteiger partial charge in [0.15, 0.2) is 0 Å². The summed E-state index contributed by atoms with van der Waals surface area (Å²) in [5, 5.41) is 0.672. The summed E-state index contributed by atoms with van der Waals surface area (Å²) in [6.07, 6.45) is 3.04. The zero-order valence-electron chi connectivity index (χ0n) is 8.22. The van der Waals surface area contributed by atoms with Crippen LogP contribution in [0.2, 0.25) is 5.15 Å². The van der Waals surface area contributed by atoms with Crippen molar-refractivity contribution in [3.8, 4) is 0 Å². The molecule has 1 aromatic rings. The van der Waals surface area contributed by atoms with Gasteiger partial charge in [0.05, 0.1) is 5.69 Å². The van der Waals surface area contributed by atoms with Gasteiger partial charge in [-0.1, -0.05) is 18.5 Å². The van der Waals surface area contributed by atoms with Crippen molar-refractivity contribution in [2.24, 2.45) is 0 Å². The van der Waals surface area contributed by atoms with E-state index in [4.69, 9.17) is 11.6 Å². The highest BCUT2D eigenvalue weighted by molar-refractivity contribution is 7.98. The molecule has 0 aromatic carbocycles. The molecule has 0 saturated carbocycles. The molecule has 0 N–H and O–H groups in total. The number of hydrogen-bond donors (Lipinski definition) is 0. The van der Waals surface area contributed by atoms with Gasteiger partial charge in [0.1, 0.15) is 11.0 Å². The maximum atomic E-state index is 6.12. The first kappa shape index (κ1) is 10.2. The fraction of sp³-hybridized carbons (Fsp3) is 0.600. The van der Waals surface area contributed by atoms with Crippen molar-refractivity contribution in [2.75, 3.05) is 5.75 Å². The van der Waals surface area contributed by atoms with Crippen LogP contribution in [-0.4, -0.2) is 15.7 Å². The Labute approximate surface area is 93.5 Å². The van der Waals surface area contributed by atoms with Crippen molar-refractivity contribution in [1.29, 1.82) is 0 Å². The Bertz CT molecular complexity index is 341. The monoisotopic (exact) mass is 228 g/mol. The van der Waals surface area contributed by atoms with Gasteiger partial charge in [0, 0.05) is 17.7 Å². The van der Waals surface area contributed by atoms with Gasteiger partial charge in [0.25, 0.3) is 0 Å². The summed E-state index contributed by atoms with van der Waals surface area (Å²) in [6.45, 7) is 2.13. The van der Waals surface area contributed by atoms with Crippen LogP contribution < -0.4 is 0 Å². The van der Waals surface area contributed by atoms with E-state index in [9.17, 15) is 0 Å². The minimum Gasteiger partial charge on any atom is -0.237 e. The summed E-state index contributed by atoms with van der Waals surface area (Å²) in [7, 11) is 0. The molecule has 0 amide bonds. The molecule has 14 heavy (non-hydrogen) atoms. The summed E-state index contributed by atoms with van der Waals surface area (Å²) < 4.78 is 0. The van der Waals surface area contributed by atoms with Crippen molar-refractivity contribution in [2.45, 2.75) is 31.9 Å². The summed E-state index contributed by atoms with van der Waals surface area (Å²) in [5.74, 6) is 3.04. The first-order valence-electron chi connectivity index (χ1n) is 4.93.